The summed E-state index contributed by atoms with van der Waals surface area (Å²) in [6, 6.07) is 26.7. The molecule has 0 spiro atoms. The zero-order valence-electron chi connectivity index (χ0n) is 17.4. The highest BCUT2D eigenvalue weighted by Gasteiger charge is 2.06. The maximum absolute atomic E-state index is 12.3. The molecule has 0 aliphatic carbocycles. The Morgan fingerprint density at radius 1 is 0.875 bits per heavy atom. The number of amides is 1. The van der Waals surface area contributed by atoms with Crippen LogP contribution >= 0.6 is 11.6 Å². The number of halogens is 1. The lowest BCUT2D eigenvalue weighted by atomic mass is 10.1. The Balaban J connectivity index is 1.47. The first-order valence-electron chi connectivity index (χ1n) is 10.1. The molecule has 0 radical (unpaired) electrons. The van der Waals surface area contributed by atoms with Crippen molar-refractivity contribution in [2.24, 2.45) is 0 Å². The number of benzene rings is 3. The number of carbonyl (C=O) groups is 1. The number of nitrogens with one attached hydrogen (secondary N) is 2. The van der Waals surface area contributed by atoms with Crippen molar-refractivity contribution < 1.29 is 4.79 Å². The fourth-order valence-electron chi connectivity index (χ4n) is 3.17. The monoisotopic (exact) mass is 440 g/mol. The van der Waals surface area contributed by atoms with Crippen LogP contribution < -0.4 is 10.6 Å². The number of hydrogen-bond acceptors (Lipinski definition) is 4. The van der Waals surface area contributed by atoms with E-state index >= 15 is 0 Å². The summed E-state index contributed by atoms with van der Waals surface area (Å²) < 4.78 is 0. The van der Waals surface area contributed by atoms with Crippen LogP contribution in [0.1, 0.15) is 11.4 Å². The summed E-state index contributed by atoms with van der Waals surface area (Å²) in [5, 5.41) is 6.76. The van der Waals surface area contributed by atoms with E-state index in [2.05, 4.69) is 20.6 Å². The third-order valence-corrected chi connectivity index (χ3v) is 4.97. The standard InChI is InChI=1S/C26H21ClN4O/c1-18-28-24(20-9-3-2-4-10-20)17-25(29-18)30-21-11-7-12-22(16-21)31-26(32)15-14-19-8-5-6-13-23(19)27/h2-17H,1H3,(H,31,32)(H,28,29,30)/b15-14+. The van der Waals surface area contributed by atoms with Gasteiger partial charge in [0.25, 0.3) is 0 Å². The highest BCUT2D eigenvalue weighted by molar-refractivity contribution is 6.32. The van der Waals surface area contributed by atoms with Gasteiger partial charge in [0, 0.05) is 34.1 Å². The second-order valence-electron chi connectivity index (χ2n) is 7.10. The van der Waals surface area contributed by atoms with Crippen LogP contribution in [-0.4, -0.2) is 15.9 Å². The number of aromatic nitrogens is 2. The number of rotatable bonds is 6. The molecule has 0 unspecified atom stereocenters. The molecular weight excluding hydrogens is 420 g/mol. The lowest BCUT2D eigenvalue weighted by Gasteiger charge is -2.10. The summed E-state index contributed by atoms with van der Waals surface area (Å²) in [7, 11) is 0. The van der Waals surface area contributed by atoms with Gasteiger partial charge in [-0.2, -0.15) is 0 Å². The average Bonchev–Trinajstić information content (AvgIpc) is 2.79. The lowest BCUT2D eigenvalue weighted by molar-refractivity contribution is -0.111. The van der Waals surface area contributed by atoms with Crippen LogP contribution in [0.25, 0.3) is 17.3 Å². The summed E-state index contributed by atoms with van der Waals surface area (Å²) in [5.41, 5.74) is 4.11. The number of nitrogens with zero attached hydrogens (tertiary/aromatic N) is 2. The number of hydrogen-bond donors (Lipinski definition) is 2. The Morgan fingerprint density at radius 2 is 1.62 bits per heavy atom. The molecular formula is C26H21ClN4O. The molecule has 1 heterocycles. The minimum atomic E-state index is -0.244. The SMILES string of the molecule is Cc1nc(Nc2cccc(NC(=O)/C=C/c3ccccc3Cl)c2)cc(-c2ccccc2)n1. The molecule has 0 atom stereocenters. The molecule has 1 aromatic heterocycles. The molecule has 4 rings (SSSR count). The molecule has 0 fully saturated rings. The molecule has 4 aromatic rings. The van der Waals surface area contributed by atoms with Crippen molar-refractivity contribution in [3.8, 4) is 11.3 Å². The second kappa shape index (κ2) is 9.90. The van der Waals surface area contributed by atoms with Gasteiger partial charge in [-0.25, -0.2) is 9.97 Å². The van der Waals surface area contributed by atoms with Crippen molar-refractivity contribution in [1.29, 1.82) is 0 Å². The Labute approximate surface area is 191 Å². The van der Waals surface area contributed by atoms with Crippen molar-refractivity contribution >= 4 is 40.8 Å². The van der Waals surface area contributed by atoms with E-state index < -0.39 is 0 Å². The molecule has 0 aliphatic heterocycles. The molecule has 3 aromatic carbocycles. The van der Waals surface area contributed by atoms with Crippen LogP contribution in [0.15, 0.2) is 91.0 Å². The molecule has 0 aliphatic rings. The highest BCUT2D eigenvalue weighted by Crippen LogP contribution is 2.23. The predicted octanol–water partition coefficient (Wildman–Crippen LogP) is 6.50. The average molecular weight is 441 g/mol. The Morgan fingerprint density at radius 3 is 2.44 bits per heavy atom. The predicted molar refractivity (Wildman–Crippen MR) is 131 cm³/mol. The minimum absolute atomic E-state index is 0.244. The largest absolute Gasteiger partial charge is 0.340 e. The molecule has 0 saturated heterocycles. The maximum Gasteiger partial charge on any atom is 0.248 e. The highest BCUT2D eigenvalue weighted by atomic mass is 35.5. The molecule has 5 nitrogen and oxygen atoms in total. The minimum Gasteiger partial charge on any atom is -0.340 e. The van der Waals surface area contributed by atoms with Gasteiger partial charge in [0.2, 0.25) is 5.91 Å². The van der Waals surface area contributed by atoms with Gasteiger partial charge in [0.05, 0.1) is 5.69 Å². The summed E-state index contributed by atoms with van der Waals surface area (Å²) >= 11 is 6.13. The van der Waals surface area contributed by atoms with Crippen molar-refractivity contribution in [1.82, 2.24) is 9.97 Å². The summed E-state index contributed by atoms with van der Waals surface area (Å²) in [6.45, 7) is 1.86. The second-order valence-corrected chi connectivity index (χ2v) is 7.51. The zero-order valence-corrected chi connectivity index (χ0v) is 18.2. The van der Waals surface area contributed by atoms with Crippen LogP contribution in [0.4, 0.5) is 17.2 Å². The van der Waals surface area contributed by atoms with E-state index in [-0.39, 0.29) is 5.91 Å². The number of aryl methyl sites for hydroxylation is 1. The Hall–Kier alpha value is -3.96. The van der Waals surface area contributed by atoms with Crippen LogP contribution in [0, 0.1) is 6.92 Å². The quantitative estimate of drug-likeness (QED) is 0.336. The van der Waals surface area contributed by atoms with Gasteiger partial charge in [-0.05, 0) is 42.8 Å². The molecule has 0 bridgehead atoms. The Bertz CT molecular complexity index is 1270. The van der Waals surface area contributed by atoms with E-state index in [9.17, 15) is 4.79 Å². The van der Waals surface area contributed by atoms with Gasteiger partial charge in [-0.15, -0.1) is 0 Å². The smallest absolute Gasteiger partial charge is 0.248 e. The fourth-order valence-corrected chi connectivity index (χ4v) is 3.37. The molecule has 1 amide bonds. The van der Waals surface area contributed by atoms with Crippen molar-refractivity contribution in [3.63, 3.8) is 0 Å². The van der Waals surface area contributed by atoms with E-state index in [1.807, 2.05) is 85.8 Å². The number of anilines is 3. The van der Waals surface area contributed by atoms with Gasteiger partial charge < -0.3 is 10.6 Å². The molecule has 2 N–H and O–H groups in total. The van der Waals surface area contributed by atoms with E-state index in [1.165, 1.54) is 6.08 Å². The first-order chi connectivity index (χ1) is 15.6. The summed E-state index contributed by atoms with van der Waals surface area (Å²) in [6.07, 6.45) is 3.15. The van der Waals surface area contributed by atoms with Crippen molar-refractivity contribution in [2.75, 3.05) is 10.6 Å². The molecule has 158 valence electrons. The van der Waals surface area contributed by atoms with Crippen LogP contribution in [-0.2, 0) is 4.79 Å². The third-order valence-electron chi connectivity index (χ3n) is 4.63. The van der Waals surface area contributed by atoms with Crippen molar-refractivity contribution in [3.05, 3.63) is 107 Å². The molecule has 0 saturated carbocycles. The van der Waals surface area contributed by atoms with Gasteiger partial charge >= 0.3 is 0 Å². The van der Waals surface area contributed by atoms with Gasteiger partial charge in [0.15, 0.2) is 0 Å². The lowest BCUT2D eigenvalue weighted by Crippen LogP contribution is -2.08. The first kappa shape index (κ1) is 21.3. The summed E-state index contributed by atoms with van der Waals surface area (Å²) in [4.78, 5) is 21.3. The zero-order chi connectivity index (χ0) is 22.3. The van der Waals surface area contributed by atoms with E-state index in [1.54, 1.807) is 12.1 Å². The first-order valence-corrected chi connectivity index (χ1v) is 10.5. The topological polar surface area (TPSA) is 66.9 Å². The molecule has 6 heteroatoms. The molecule has 32 heavy (non-hydrogen) atoms. The van der Waals surface area contributed by atoms with E-state index in [4.69, 9.17) is 11.6 Å². The van der Waals surface area contributed by atoms with E-state index in [0.29, 0.717) is 22.4 Å². The Kier molecular flexibility index (Phi) is 6.58. The van der Waals surface area contributed by atoms with Gasteiger partial charge in [0.1, 0.15) is 11.6 Å². The fraction of sp³-hybridized carbons (Fsp3) is 0.0385. The van der Waals surface area contributed by atoms with Crippen LogP contribution in [0.5, 0.6) is 0 Å². The van der Waals surface area contributed by atoms with E-state index in [0.717, 1.165) is 22.5 Å². The number of carbonyl (C=O) groups excluding carboxylic acids is 1. The maximum atomic E-state index is 12.3. The summed E-state index contributed by atoms with van der Waals surface area (Å²) in [5.74, 6) is 1.10. The van der Waals surface area contributed by atoms with Gasteiger partial charge in [-0.1, -0.05) is 66.2 Å². The van der Waals surface area contributed by atoms with Gasteiger partial charge in [-0.3, -0.25) is 4.79 Å². The van der Waals surface area contributed by atoms with Crippen molar-refractivity contribution in [2.45, 2.75) is 6.92 Å². The van der Waals surface area contributed by atoms with Crippen LogP contribution in [0.3, 0.4) is 0 Å². The van der Waals surface area contributed by atoms with Crippen LogP contribution in [0.2, 0.25) is 5.02 Å². The third kappa shape index (κ3) is 5.59. The normalized spacial score (nSPS) is 10.8.